The number of methoxy groups -OCH3 is 2. The summed E-state index contributed by atoms with van der Waals surface area (Å²) in [6, 6.07) is 11.5. The predicted octanol–water partition coefficient (Wildman–Crippen LogP) is 4.18. The summed E-state index contributed by atoms with van der Waals surface area (Å²) in [6.45, 7) is 0. The van der Waals surface area contributed by atoms with E-state index >= 15 is 0 Å². The second-order valence-corrected chi connectivity index (χ2v) is 7.17. The van der Waals surface area contributed by atoms with Crippen LogP contribution in [0, 0.1) is 0 Å². The van der Waals surface area contributed by atoms with Crippen LogP contribution in [-0.4, -0.2) is 20.3 Å². The number of rotatable bonds is 3. The second kappa shape index (κ2) is 6.68. The van der Waals surface area contributed by atoms with E-state index in [4.69, 9.17) is 9.47 Å². The van der Waals surface area contributed by atoms with Crippen molar-refractivity contribution in [3.63, 3.8) is 0 Å². The molecule has 6 heteroatoms. The van der Waals surface area contributed by atoms with E-state index in [1.165, 1.54) is 5.57 Å². The highest BCUT2D eigenvalue weighted by atomic mass is 79.9. The lowest BCUT2D eigenvalue weighted by molar-refractivity contribution is 0.240. The normalized spacial score (nSPS) is 18.4. The largest absolute Gasteiger partial charge is 0.496 e. The van der Waals surface area contributed by atoms with E-state index in [1.807, 2.05) is 36.4 Å². The summed E-state index contributed by atoms with van der Waals surface area (Å²) in [4.78, 5) is 12.3. The van der Waals surface area contributed by atoms with Gasteiger partial charge in [0.25, 0.3) is 0 Å². The monoisotopic (exact) mass is 414 g/mol. The van der Waals surface area contributed by atoms with Crippen molar-refractivity contribution < 1.29 is 14.3 Å². The van der Waals surface area contributed by atoms with E-state index in [9.17, 15) is 4.79 Å². The van der Waals surface area contributed by atoms with Gasteiger partial charge in [-0.3, -0.25) is 0 Å². The van der Waals surface area contributed by atoms with Crippen LogP contribution in [0.15, 0.2) is 46.4 Å². The van der Waals surface area contributed by atoms with Crippen molar-refractivity contribution in [2.45, 2.75) is 18.9 Å². The molecule has 2 N–H and O–H groups in total. The molecule has 2 aromatic rings. The van der Waals surface area contributed by atoms with Crippen molar-refractivity contribution in [1.29, 1.82) is 0 Å². The number of carbonyl (C=O) groups excluding carboxylic acids is 1. The van der Waals surface area contributed by atoms with Gasteiger partial charge in [-0.2, -0.15) is 0 Å². The van der Waals surface area contributed by atoms with Crippen LogP contribution >= 0.6 is 15.9 Å². The van der Waals surface area contributed by atoms with Gasteiger partial charge in [-0.05, 0) is 58.1 Å². The van der Waals surface area contributed by atoms with Crippen molar-refractivity contribution in [2.24, 2.45) is 0 Å². The summed E-state index contributed by atoms with van der Waals surface area (Å²) >= 11 is 3.54. The fraction of sp³-hybridized carbons (Fsp3) is 0.250. The quantitative estimate of drug-likeness (QED) is 0.791. The molecule has 26 heavy (non-hydrogen) atoms. The highest BCUT2D eigenvalue weighted by molar-refractivity contribution is 9.10. The molecule has 1 atom stereocenters. The summed E-state index contributed by atoms with van der Waals surface area (Å²) in [7, 11) is 3.32. The van der Waals surface area contributed by atoms with E-state index < -0.39 is 0 Å². The third kappa shape index (κ3) is 2.74. The van der Waals surface area contributed by atoms with E-state index in [1.54, 1.807) is 14.2 Å². The van der Waals surface area contributed by atoms with Crippen molar-refractivity contribution >= 4 is 27.7 Å². The smallest absolute Gasteiger partial charge is 0.319 e. The van der Waals surface area contributed by atoms with Crippen LogP contribution < -0.4 is 20.1 Å². The first-order valence-corrected chi connectivity index (χ1v) is 9.22. The Balaban J connectivity index is 1.83. The van der Waals surface area contributed by atoms with Crippen LogP contribution in [0.4, 0.5) is 4.79 Å². The van der Waals surface area contributed by atoms with E-state index in [0.717, 1.165) is 51.2 Å². The van der Waals surface area contributed by atoms with Crippen molar-refractivity contribution in [3.8, 4) is 11.5 Å². The molecular weight excluding hydrogens is 396 g/mol. The molecule has 2 aromatic carbocycles. The maximum Gasteiger partial charge on any atom is 0.319 e. The van der Waals surface area contributed by atoms with Crippen molar-refractivity contribution in [3.05, 3.63) is 63.1 Å². The summed E-state index contributed by atoms with van der Waals surface area (Å²) in [5.41, 5.74) is 5.28. The summed E-state index contributed by atoms with van der Waals surface area (Å²) in [5.74, 6) is 1.63. The topological polar surface area (TPSA) is 59.6 Å². The minimum absolute atomic E-state index is 0.166. The van der Waals surface area contributed by atoms with Gasteiger partial charge >= 0.3 is 6.03 Å². The minimum Gasteiger partial charge on any atom is -0.496 e. The molecule has 0 aromatic heterocycles. The van der Waals surface area contributed by atoms with Gasteiger partial charge in [0.2, 0.25) is 0 Å². The zero-order chi connectivity index (χ0) is 18.3. The molecule has 1 aliphatic carbocycles. The van der Waals surface area contributed by atoms with Crippen molar-refractivity contribution in [1.82, 2.24) is 10.6 Å². The Morgan fingerprint density at radius 1 is 1.08 bits per heavy atom. The van der Waals surface area contributed by atoms with Gasteiger partial charge in [0.15, 0.2) is 0 Å². The molecule has 5 nitrogen and oxygen atoms in total. The Kier molecular flexibility index (Phi) is 4.36. The number of fused-ring (bicyclic) bond motifs is 2. The number of nitrogens with one attached hydrogen (secondary N) is 2. The van der Waals surface area contributed by atoms with Crippen LogP contribution in [-0.2, 0) is 6.42 Å². The second-order valence-electron chi connectivity index (χ2n) is 6.31. The predicted molar refractivity (Wildman–Crippen MR) is 103 cm³/mol. The number of urea groups is 1. The Bertz CT molecular complexity index is 923. The van der Waals surface area contributed by atoms with Gasteiger partial charge < -0.3 is 20.1 Å². The summed E-state index contributed by atoms with van der Waals surface area (Å²) in [5, 5.41) is 6.06. The fourth-order valence-corrected chi connectivity index (χ4v) is 4.32. The lowest BCUT2D eigenvalue weighted by Gasteiger charge is -2.35. The molecule has 2 aliphatic rings. The molecule has 0 saturated heterocycles. The average molecular weight is 415 g/mol. The van der Waals surface area contributed by atoms with E-state index in [0.29, 0.717) is 0 Å². The van der Waals surface area contributed by atoms with Crippen LogP contribution in [0.2, 0.25) is 0 Å². The number of benzene rings is 2. The maximum absolute atomic E-state index is 12.3. The molecule has 1 aliphatic heterocycles. The van der Waals surface area contributed by atoms with Gasteiger partial charge in [0, 0.05) is 11.1 Å². The number of ether oxygens (including phenoxy) is 2. The number of hydrogen-bond acceptors (Lipinski definition) is 3. The standard InChI is InChI=1S/C20H19BrN2O3/c1-25-16-5-3-4-13-12(16)7-8-14-18(22-20(24)23-19(13)14)11-6-9-17(26-2)15(21)10-11/h3-6,9-10,18H,7-8H2,1-2H3,(H2,22,23,24). The average Bonchev–Trinajstić information content (AvgIpc) is 2.66. The SMILES string of the molecule is COc1ccc(C2NC(=O)NC3=C2CCc2c(OC)cccc23)cc1Br. The van der Waals surface area contributed by atoms with Gasteiger partial charge in [0.05, 0.1) is 30.4 Å². The number of carbonyl (C=O) groups is 1. The highest BCUT2D eigenvalue weighted by Crippen LogP contribution is 2.42. The minimum atomic E-state index is -0.198. The van der Waals surface area contributed by atoms with Gasteiger partial charge in [0.1, 0.15) is 11.5 Å². The molecule has 2 amide bonds. The molecule has 4 rings (SSSR count). The van der Waals surface area contributed by atoms with Gasteiger partial charge in [-0.25, -0.2) is 4.79 Å². The van der Waals surface area contributed by atoms with Gasteiger partial charge in [-0.1, -0.05) is 18.2 Å². The van der Waals surface area contributed by atoms with Crippen molar-refractivity contribution in [2.75, 3.05) is 14.2 Å². The van der Waals surface area contributed by atoms with Crippen LogP contribution in [0.1, 0.15) is 29.2 Å². The Hall–Kier alpha value is -2.47. The molecule has 1 heterocycles. The lowest BCUT2D eigenvalue weighted by atomic mass is 9.82. The number of amides is 2. The number of hydrogen-bond donors (Lipinski definition) is 2. The molecule has 0 bridgehead atoms. The number of halogens is 1. The summed E-state index contributed by atoms with van der Waals surface area (Å²) in [6.07, 6.45) is 1.73. The van der Waals surface area contributed by atoms with Crippen LogP contribution in [0.3, 0.4) is 0 Å². The fourth-order valence-electron chi connectivity index (χ4n) is 3.76. The Morgan fingerprint density at radius 3 is 2.62 bits per heavy atom. The molecule has 0 spiro atoms. The first kappa shape index (κ1) is 17.0. The first-order valence-electron chi connectivity index (χ1n) is 8.42. The third-order valence-electron chi connectivity index (χ3n) is 4.96. The molecule has 0 saturated carbocycles. The Morgan fingerprint density at radius 2 is 1.88 bits per heavy atom. The summed E-state index contributed by atoms with van der Waals surface area (Å²) < 4.78 is 11.7. The zero-order valence-corrected chi connectivity index (χ0v) is 16.1. The molecule has 0 radical (unpaired) electrons. The molecule has 0 fully saturated rings. The van der Waals surface area contributed by atoms with Crippen LogP contribution in [0.25, 0.3) is 5.70 Å². The molecule has 1 unspecified atom stereocenters. The highest BCUT2D eigenvalue weighted by Gasteiger charge is 2.33. The van der Waals surface area contributed by atoms with E-state index in [-0.39, 0.29) is 12.1 Å². The third-order valence-corrected chi connectivity index (χ3v) is 5.58. The van der Waals surface area contributed by atoms with E-state index in [2.05, 4.69) is 26.6 Å². The zero-order valence-electron chi connectivity index (χ0n) is 14.6. The Labute approximate surface area is 160 Å². The van der Waals surface area contributed by atoms with Gasteiger partial charge in [-0.15, -0.1) is 0 Å². The maximum atomic E-state index is 12.3. The molecule has 134 valence electrons. The lowest BCUT2D eigenvalue weighted by Crippen LogP contribution is -2.44. The molecular formula is C20H19BrN2O3. The van der Waals surface area contributed by atoms with Crippen LogP contribution in [0.5, 0.6) is 11.5 Å². The first-order chi connectivity index (χ1) is 12.6.